The van der Waals surface area contributed by atoms with Crippen LogP contribution in [0.25, 0.3) is 0 Å². The van der Waals surface area contributed by atoms with Crippen LogP contribution in [-0.4, -0.2) is 6.04 Å². The summed E-state index contributed by atoms with van der Waals surface area (Å²) < 4.78 is 0. The molecule has 2 fully saturated rings. The third-order valence-corrected chi connectivity index (χ3v) is 6.12. The minimum Gasteiger partial charge on any atom is -0.271 e. The van der Waals surface area contributed by atoms with E-state index in [0.717, 1.165) is 23.7 Å². The zero-order valence-corrected chi connectivity index (χ0v) is 13.0. The summed E-state index contributed by atoms with van der Waals surface area (Å²) in [5.41, 5.74) is 3.24. The first-order valence-corrected chi connectivity index (χ1v) is 8.76. The largest absolute Gasteiger partial charge is 0.271 e. The molecule has 0 saturated heterocycles. The quantitative estimate of drug-likeness (QED) is 0.576. The normalized spacial score (nSPS) is 38.1. The van der Waals surface area contributed by atoms with Crippen molar-refractivity contribution < 1.29 is 0 Å². The molecule has 0 radical (unpaired) electrons. The first-order chi connectivity index (χ1) is 9.30. The van der Waals surface area contributed by atoms with Gasteiger partial charge in [0, 0.05) is 6.04 Å². The first kappa shape index (κ1) is 15.3. The highest BCUT2D eigenvalue weighted by Crippen LogP contribution is 2.41. The molecule has 2 aliphatic rings. The third-order valence-electron chi connectivity index (χ3n) is 6.12. The fraction of sp³-hybridized carbons (Fsp3) is 1.00. The van der Waals surface area contributed by atoms with Gasteiger partial charge in [-0.3, -0.25) is 11.3 Å². The van der Waals surface area contributed by atoms with Gasteiger partial charge in [-0.2, -0.15) is 0 Å². The highest BCUT2D eigenvalue weighted by molar-refractivity contribution is 4.89. The molecule has 0 amide bonds. The molecule has 3 unspecified atom stereocenters. The van der Waals surface area contributed by atoms with Gasteiger partial charge < -0.3 is 0 Å². The second-order valence-electron chi connectivity index (χ2n) is 7.00. The molecule has 2 heteroatoms. The predicted octanol–water partition coefficient (Wildman–Crippen LogP) is 4.25. The lowest BCUT2D eigenvalue weighted by Gasteiger charge is -2.42. The van der Waals surface area contributed by atoms with Gasteiger partial charge >= 0.3 is 0 Å². The summed E-state index contributed by atoms with van der Waals surface area (Å²) in [6.07, 6.45) is 14.1. The Bertz CT molecular complexity index is 246. The van der Waals surface area contributed by atoms with E-state index < -0.39 is 0 Å². The van der Waals surface area contributed by atoms with Crippen molar-refractivity contribution in [2.45, 2.75) is 84.1 Å². The summed E-state index contributed by atoms with van der Waals surface area (Å²) in [4.78, 5) is 0. The third kappa shape index (κ3) is 3.72. The molecular weight excluding hydrogens is 232 g/mol. The molecule has 3 N–H and O–H groups in total. The smallest absolute Gasteiger partial charge is 0.0269 e. The second kappa shape index (κ2) is 7.64. The lowest BCUT2D eigenvalue weighted by atomic mass is 9.67. The molecule has 0 aliphatic heterocycles. The number of nitrogens with one attached hydrogen (secondary N) is 1. The number of hydrogen-bond acceptors (Lipinski definition) is 2. The van der Waals surface area contributed by atoms with Gasteiger partial charge in [0.2, 0.25) is 0 Å². The van der Waals surface area contributed by atoms with Crippen molar-refractivity contribution in [2.75, 3.05) is 0 Å². The Morgan fingerprint density at radius 2 is 1.63 bits per heavy atom. The molecule has 0 heterocycles. The molecule has 2 saturated carbocycles. The minimum atomic E-state index is 0.586. The van der Waals surface area contributed by atoms with E-state index in [9.17, 15) is 0 Å². The van der Waals surface area contributed by atoms with Crippen LogP contribution >= 0.6 is 0 Å². The van der Waals surface area contributed by atoms with Crippen LogP contribution in [-0.2, 0) is 0 Å². The highest BCUT2D eigenvalue weighted by atomic mass is 15.2. The van der Waals surface area contributed by atoms with Crippen molar-refractivity contribution in [1.29, 1.82) is 0 Å². The Balaban J connectivity index is 1.94. The topological polar surface area (TPSA) is 38.0 Å². The first-order valence-electron chi connectivity index (χ1n) is 8.76. The molecule has 0 aromatic carbocycles. The molecule has 2 rings (SSSR count). The van der Waals surface area contributed by atoms with E-state index in [2.05, 4.69) is 19.3 Å². The Kier molecular flexibility index (Phi) is 6.15. The maximum absolute atomic E-state index is 5.97. The van der Waals surface area contributed by atoms with Gasteiger partial charge in [0.25, 0.3) is 0 Å². The van der Waals surface area contributed by atoms with Crippen molar-refractivity contribution in [1.82, 2.24) is 5.43 Å². The molecule has 2 aliphatic carbocycles. The van der Waals surface area contributed by atoms with Gasteiger partial charge in [-0.15, -0.1) is 0 Å². The van der Waals surface area contributed by atoms with E-state index in [1.165, 1.54) is 64.2 Å². The Morgan fingerprint density at radius 1 is 0.947 bits per heavy atom. The predicted molar refractivity (Wildman–Crippen MR) is 82.6 cm³/mol. The summed E-state index contributed by atoms with van der Waals surface area (Å²) in [6, 6.07) is 0.586. The van der Waals surface area contributed by atoms with Crippen LogP contribution in [0.4, 0.5) is 0 Å². The van der Waals surface area contributed by atoms with Crippen molar-refractivity contribution in [2.24, 2.45) is 29.5 Å². The fourth-order valence-electron chi connectivity index (χ4n) is 4.78. The van der Waals surface area contributed by atoms with E-state index in [-0.39, 0.29) is 0 Å². The maximum atomic E-state index is 5.97. The molecule has 0 spiro atoms. The van der Waals surface area contributed by atoms with E-state index in [1.807, 2.05) is 0 Å². The highest BCUT2D eigenvalue weighted by Gasteiger charge is 2.36. The molecule has 2 nitrogen and oxygen atoms in total. The Hall–Kier alpha value is -0.0800. The molecule has 3 atom stereocenters. The summed E-state index contributed by atoms with van der Waals surface area (Å²) in [5.74, 6) is 9.55. The van der Waals surface area contributed by atoms with Crippen LogP contribution in [0.3, 0.4) is 0 Å². The Labute approximate surface area is 119 Å². The van der Waals surface area contributed by atoms with Gasteiger partial charge in [-0.1, -0.05) is 58.8 Å². The average molecular weight is 266 g/mol. The van der Waals surface area contributed by atoms with Gasteiger partial charge in [0.15, 0.2) is 0 Å². The second-order valence-corrected chi connectivity index (χ2v) is 7.00. The standard InChI is InChI=1S/C17H34N2/c1-3-13-9-11-15(12-10-13)17(19-18)16-8-6-5-7-14(16)4-2/h13-17,19H,3-12,18H2,1-2H3. The van der Waals surface area contributed by atoms with Gasteiger partial charge in [-0.25, -0.2) is 0 Å². The number of hydrazine groups is 1. The molecule has 0 aromatic rings. The Morgan fingerprint density at radius 3 is 2.21 bits per heavy atom. The number of rotatable bonds is 5. The van der Waals surface area contributed by atoms with Gasteiger partial charge in [0.05, 0.1) is 0 Å². The number of hydrogen-bond donors (Lipinski definition) is 2. The van der Waals surface area contributed by atoms with Crippen LogP contribution < -0.4 is 11.3 Å². The fourth-order valence-corrected chi connectivity index (χ4v) is 4.78. The van der Waals surface area contributed by atoms with Crippen molar-refractivity contribution in [3.05, 3.63) is 0 Å². The van der Waals surface area contributed by atoms with E-state index in [1.54, 1.807) is 0 Å². The molecule has 0 aromatic heterocycles. The zero-order chi connectivity index (χ0) is 13.7. The van der Waals surface area contributed by atoms with Crippen LogP contribution in [0.5, 0.6) is 0 Å². The van der Waals surface area contributed by atoms with E-state index in [0.29, 0.717) is 6.04 Å². The van der Waals surface area contributed by atoms with Crippen molar-refractivity contribution in [3.8, 4) is 0 Å². The molecular formula is C17H34N2. The van der Waals surface area contributed by atoms with Crippen LogP contribution in [0.1, 0.15) is 78.1 Å². The van der Waals surface area contributed by atoms with Crippen molar-refractivity contribution in [3.63, 3.8) is 0 Å². The van der Waals surface area contributed by atoms with E-state index in [4.69, 9.17) is 5.84 Å². The summed E-state index contributed by atoms with van der Waals surface area (Å²) in [7, 11) is 0. The van der Waals surface area contributed by atoms with Crippen LogP contribution in [0.15, 0.2) is 0 Å². The minimum absolute atomic E-state index is 0.586. The summed E-state index contributed by atoms with van der Waals surface area (Å²) in [6.45, 7) is 4.71. The van der Waals surface area contributed by atoms with Crippen LogP contribution in [0.2, 0.25) is 0 Å². The van der Waals surface area contributed by atoms with Crippen LogP contribution in [0, 0.1) is 23.7 Å². The van der Waals surface area contributed by atoms with E-state index >= 15 is 0 Å². The van der Waals surface area contributed by atoms with Crippen molar-refractivity contribution >= 4 is 0 Å². The molecule has 0 bridgehead atoms. The molecule has 19 heavy (non-hydrogen) atoms. The average Bonchev–Trinajstić information content (AvgIpc) is 2.49. The SMILES string of the molecule is CCC1CCC(C(NN)C2CCCCC2CC)CC1. The monoisotopic (exact) mass is 266 g/mol. The summed E-state index contributed by atoms with van der Waals surface area (Å²) >= 11 is 0. The van der Waals surface area contributed by atoms with Gasteiger partial charge in [0.1, 0.15) is 0 Å². The maximum Gasteiger partial charge on any atom is 0.0269 e. The molecule has 112 valence electrons. The number of nitrogens with two attached hydrogens (primary N) is 1. The zero-order valence-electron chi connectivity index (χ0n) is 13.0. The lowest BCUT2D eigenvalue weighted by molar-refractivity contribution is 0.108. The lowest BCUT2D eigenvalue weighted by Crippen LogP contribution is -2.50. The van der Waals surface area contributed by atoms with Gasteiger partial charge in [-0.05, 0) is 42.9 Å². The summed E-state index contributed by atoms with van der Waals surface area (Å²) in [5, 5.41) is 0.